The molecule has 0 spiro atoms. The molecule has 0 saturated heterocycles. The van der Waals surface area contributed by atoms with Crippen LogP contribution in [0.15, 0.2) is 12.2 Å². The Morgan fingerprint density at radius 3 is 2.44 bits per heavy atom. The quantitative estimate of drug-likeness (QED) is 0.667. The fourth-order valence-electron chi connectivity index (χ4n) is 5.75. The Hall–Kier alpha value is -0.870. The first kappa shape index (κ1) is 20.4. The van der Waals surface area contributed by atoms with E-state index in [-0.39, 0.29) is 30.0 Å². The zero-order valence-corrected chi connectivity index (χ0v) is 16.3. The molecule has 0 heterocycles. The average molecular weight is 352 g/mol. The standard InChI is InChI=1S/C19H32O2.C2H5NO/c1-13-4-5-14-10-15(6-8-18(13,14)2)19(3)9-7-17(21)11-16(19)12-20;1-2(3)4/h14-17,20-21H,1,4-12H2,2-3H3;1H3,(H2,3,4). The number of carbonyl (C=O) groups excluding carboxylic acids is 1. The number of amides is 1. The summed E-state index contributed by atoms with van der Waals surface area (Å²) in [6.45, 7) is 10.7. The molecule has 4 heteroatoms. The fraction of sp³-hybridized carbons (Fsp3) is 0.857. The van der Waals surface area contributed by atoms with Crippen molar-refractivity contribution in [3.05, 3.63) is 12.2 Å². The van der Waals surface area contributed by atoms with Gasteiger partial charge in [-0.3, -0.25) is 4.79 Å². The van der Waals surface area contributed by atoms with E-state index in [0.717, 1.165) is 25.2 Å². The molecule has 3 rings (SSSR count). The van der Waals surface area contributed by atoms with Crippen molar-refractivity contribution in [2.75, 3.05) is 6.61 Å². The third kappa shape index (κ3) is 4.11. The van der Waals surface area contributed by atoms with Crippen LogP contribution in [0.3, 0.4) is 0 Å². The number of fused-ring (bicyclic) bond motifs is 1. The summed E-state index contributed by atoms with van der Waals surface area (Å²) in [5, 5.41) is 19.8. The molecule has 4 N–H and O–H groups in total. The summed E-state index contributed by atoms with van der Waals surface area (Å²) in [5.74, 6) is 1.46. The Labute approximate surface area is 152 Å². The van der Waals surface area contributed by atoms with Crippen molar-refractivity contribution in [3.63, 3.8) is 0 Å². The summed E-state index contributed by atoms with van der Waals surface area (Å²) in [7, 11) is 0. The Morgan fingerprint density at radius 1 is 1.20 bits per heavy atom. The van der Waals surface area contributed by atoms with Crippen molar-refractivity contribution in [1.82, 2.24) is 0 Å². The Morgan fingerprint density at radius 2 is 1.84 bits per heavy atom. The fourth-order valence-corrected chi connectivity index (χ4v) is 5.75. The Kier molecular flexibility index (Phi) is 6.37. The van der Waals surface area contributed by atoms with Gasteiger partial charge in [-0.25, -0.2) is 0 Å². The molecule has 6 unspecified atom stereocenters. The minimum absolute atomic E-state index is 0.199. The number of hydrogen-bond donors (Lipinski definition) is 3. The van der Waals surface area contributed by atoms with Gasteiger partial charge in [0.05, 0.1) is 6.10 Å². The van der Waals surface area contributed by atoms with Gasteiger partial charge in [0.25, 0.3) is 0 Å². The average Bonchev–Trinajstić information content (AvgIpc) is 2.84. The van der Waals surface area contributed by atoms with Crippen LogP contribution in [-0.2, 0) is 4.79 Å². The first-order chi connectivity index (χ1) is 11.6. The Balaban J connectivity index is 0.000000511. The van der Waals surface area contributed by atoms with E-state index in [1.54, 1.807) is 0 Å². The second-order valence-corrected chi connectivity index (χ2v) is 9.15. The number of hydrogen-bond acceptors (Lipinski definition) is 3. The lowest BCUT2D eigenvalue weighted by molar-refractivity contribution is -0.115. The highest BCUT2D eigenvalue weighted by Gasteiger charge is 2.51. The summed E-state index contributed by atoms with van der Waals surface area (Å²) in [5.41, 5.74) is 6.56. The van der Waals surface area contributed by atoms with E-state index in [0.29, 0.717) is 11.3 Å². The Bertz CT molecular complexity index is 501. The van der Waals surface area contributed by atoms with Crippen molar-refractivity contribution >= 4 is 5.91 Å². The first-order valence-corrected chi connectivity index (χ1v) is 9.86. The van der Waals surface area contributed by atoms with Gasteiger partial charge >= 0.3 is 0 Å². The smallest absolute Gasteiger partial charge is 0.214 e. The van der Waals surface area contributed by atoms with Crippen molar-refractivity contribution in [2.45, 2.75) is 78.2 Å². The molecule has 1 amide bonds. The van der Waals surface area contributed by atoms with Gasteiger partial charge in [-0.1, -0.05) is 26.0 Å². The second-order valence-electron chi connectivity index (χ2n) is 9.15. The topological polar surface area (TPSA) is 83.6 Å². The maximum Gasteiger partial charge on any atom is 0.214 e. The lowest BCUT2D eigenvalue weighted by Crippen LogP contribution is -2.46. The van der Waals surface area contributed by atoms with Gasteiger partial charge < -0.3 is 15.9 Å². The third-order valence-electron chi connectivity index (χ3n) is 7.74. The predicted octanol–water partition coefficient (Wildman–Crippen LogP) is 3.41. The van der Waals surface area contributed by atoms with E-state index in [9.17, 15) is 15.0 Å². The van der Waals surface area contributed by atoms with Gasteiger partial charge in [-0.05, 0) is 80.0 Å². The zero-order chi connectivity index (χ0) is 18.8. The van der Waals surface area contributed by atoms with Crippen LogP contribution in [0.5, 0.6) is 0 Å². The summed E-state index contributed by atoms with van der Waals surface area (Å²) >= 11 is 0. The van der Waals surface area contributed by atoms with E-state index >= 15 is 0 Å². The van der Waals surface area contributed by atoms with Crippen LogP contribution in [-0.4, -0.2) is 28.8 Å². The molecular formula is C21H37NO3. The van der Waals surface area contributed by atoms with Crippen LogP contribution >= 0.6 is 0 Å². The number of aliphatic hydroxyl groups is 2. The molecule has 0 aromatic heterocycles. The molecule has 3 fully saturated rings. The monoisotopic (exact) mass is 351 g/mol. The van der Waals surface area contributed by atoms with Crippen LogP contribution in [0.4, 0.5) is 0 Å². The number of primary amides is 1. The van der Waals surface area contributed by atoms with E-state index in [1.807, 2.05) is 0 Å². The van der Waals surface area contributed by atoms with E-state index in [2.05, 4.69) is 26.2 Å². The number of rotatable bonds is 2. The van der Waals surface area contributed by atoms with Crippen molar-refractivity contribution in [2.24, 2.45) is 34.3 Å². The van der Waals surface area contributed by atoms with Crippen molar-refractivity contribution < 1.29 is 15.0 Å². The number of carbonyl (C=O) groups is 1. The van der Waals surface area contributed by atoms with Gasteiger partial charge in [0.15, 0.2) is 0 Å². The molecule has 3 aliphatic carbocycles. The maximum absolute atomic E-state index is 9.94. The minimum Gasteiger partial charge on any atom is -0.396 e. The van der Waals surface area contributed by atoms with Gasteiger partial charge in [0, 0.05) is 13.5 Å². The van der Waals surface area contributed by atoms with Crippen LogP contribution in [0, 0.1) is 28.6 Å². The summed E-state index contributed by atoms with van der Waals surface area (Å²) in [4.78, 5) is 9.22. The second kappa shape index (κ2) is 7.79. The number of nitrogens with two attached hydrogens (primary N) is 1. The minimum atomic E-state index is -0.333. The molecule has 0 aromatic carbocycles. The summed E-state index contributed by atoms with van der Waals surface area (Å²) < 4.78 is 0. The van der Waals surface area contributed by atoms with E-state index in [1.165, 1.54) is 44.6 Å². The SMILES string of the molecule is C=C1CCC2CC(C3(C)CCC(O)CC3CO)CCC12C.CC(N)=O. The maximum atomic E-state index is 9.94. The molecule has 6 atom stereocenters. The highest BCUT2D eigenvalue weighted by Crippen LogP contribution is 2.61. The largest absolute Gasteiger partial charge is 0.396 e. The molecule has 25 heavy (non-hydrogen) atoms. The zero-order valence-electron chi connectivity index (χ0n) is 16.3. The molecule has 3 saturated carbocycles. The normalized spacial score (nSPS) is 43.8. The predicted molar refractivity (Wildman–Crippen MR) is 101 cm³/mol. The van der Waals surface area contributed by atoms with E-state index < -0.39 is 0 Å². The number of allylic oxidation sites excluding steroid dienone is 1. The third-order valence-corrected chi connectivity index (χ3v) is 7.74. The van der Waals surface area contributed by atoms with Gasteiger partial charge in [-0.15, -0.1) is 0 Å². The van der Waals surface area contributed by atoms with Crippen LogP contribution < -0.4 is 5.73 Å². The highest BCUT2D eigenvalue weighted by molar-refractivity contribution is 5.70. The molecule has 4 nitrogen and oxygen atoms in total. The summed E-state index contributed by atoms with van der Waals surface area (Å²) in [6.07, 6.45) is 8.96. The highest BCUT2D eigenvalue weighted by atomic mass is 16.3. The van der Waals surface area contributed by atoms with Gasteiger partial charge in [0.1, 0.15) is 0 Å². The van der Waals surface area contributed by atoms with Crippen molar-refractivity contribution in [3.8, 4) is 0 Å². The molecule has 144 valence electrons. The van der Waals surface area contributed by atoms with Crippen LogP contribution in [0.1, 0.15) is 72.1 Å². The van der Waals surface area contributed by atoms with E-state index in [4.69, 9.17) is 0 Å². The number of aliphatic hydroxyl groups excluding tert-OH is 2. The van der Waals surface area contributed by atoms with Crippen LogP contribution in [0.2, 0.25) is 0 Å². The molecule has 0 bridgehead atoms. The molecule has 0 aromatic rings. The lowest BCUT2D eigenvalue weighted by Gasteiger charge is -2.52. The van der Waals surface area contributed by atoms with Gasteiger partial charge in [0.2, 0.25) is 5.91 Å². The molecule has 0 aliphatic heterocycles. The molecular weight excluding hydrogens is 314 g/mol. The first-order valence-electron chi connectivity index (χ1n) is 9.86. The van der Waals surface area contributed by atoms with Gasteiger partial charge in [-0.2, -0.15) is 0 Å². The lowest BCUT2D eigenvalue weighted by atomic mass is 9.53. The molecule has 3 aliphatic rings. The van der Waals surface area contributed by atoms with Crippen molar-refractivity contribution in [1.29, 1.82) is 0 Å². The summed E-state index contributed by atoms with van der Waals surface area (Å²) in [6, 6.07) is 0. The molecule has 0 radical (unpaired) electrons. The van der Waals surface area contributed by atoms with Crippen LogP contribution in [0.25, 0.3) is 0 Å².